The van der Waals surface area contributed by atoms with E-state index in [4.69, 9.17) is 0 Å². The number of carboxylic acids is 1. The average Bonchev–Trinajstić information content (AvgIpc) is 2.89. The molecule has 0 bridgehead atoms. The molecular weight excluding hydrogens is 302 g/mol. The lowest BCUT2D eigenvalue weighted by molar-refractivity contribution is -0.152. The fourth-order valence-electron chi connectivity index (χ4n) is 7.14. The maximum atomic E-state index is 12.1. The van der Waals surface area contributed by atoms with E-state index in [-0.39, 0.29) is 22.7 Å². The Balaban J connectivity index is 1.68. The van der Waals surface area contributed by atoms with E-state index in [1.54, 1.807) is 6.08 Å². The van der Waals surface area contributed by atoms with Gasteiger partial charge in [0.1, 0.15) is 0 Å². The van der Waals surface area contributed by atoms with Crippen molar-refractivity contribution in [1.29, 1.82) is 0 Å². The van der Waals surface area contributed by atoms with Gasteiger partial charge in [0.15, 0.2) is 0 Å². The smallest absolute Gasteiger partial charge is 0.307 e. The molecule has 0 spiro atoms. The van der Waals surface area contributed by atoms with Crippen LogP contribution >= 0.6 is 0 Å². The highest BCUT2D eigenvalue weighted by molar-refractivity contribution is 5.89. The Kier molecular flexibility index (Phi) is 3.43. The van der Waals surface area contributed by atoms with Gasteiger partial charge in [-0.15, -0.1) is 0 Å². The van der Waals surface area contributed by atoms with Gasteiger partial charge in [-0.25, -0.2) is 0 Å². The van der Waals surface area contributed by atoms with Gasteiger partial charge in [-0.1, -0.05) is 19.9 Å². The van der Waals surface area contributed by atoms with Crippen molar-refractivity contribution in [3.8, 4) is 0 Å². The number of carbonyl (C=O) groups excluding carboxylic acids is 1. The molecule has 1 aliphatic heterocycles. The highest BCUT2D eigenvalue weighted by atomic mass is 16.4. The van der Waals surface area contributed by atoms with Gasteiger partial charge >= 0.3 is 5.97 Å². The molecule has 0 aromatic rings. The first kappa shape index (κ1) is 16.2. The third-order valence-electron chi connectivity index (χ3n) is 8.43. The van der Waals surface area contributed by atoms with Gasteiger partial charge in [0, 0.05) is 18.5 Å². The monoisotopic (exact) mass is 331 g/mol. The van der Waals surface area contributed by atoms with Crippen LogP contribution < -0.4 is 0 Å². The second kappa shape index (κ2) is 5.09. The summed E-state index contributed by atoms with van der Waals surface area (Å²) < 4.78 is 0. The van der Waals surface area contributed by atoms with E-state index < -0.39 is 5.97 Å². The summed E-state index contributed by atoms with van der Waals surface area (Å²) in [5, 5.41) is 9.66. The van der Waals surface area contributed by atoms with Crippen molar-refractivity contribution in [3.05, 3.63) is 12.2 Å². The van der Waals surface area contributed by atoms with Gasteiger partial charge in [0.2, 0.25) is 5.91 Å². The van der Waals surface area contributed by atoms with Crippen molar-refractivity contribution in [2.24, 2.45) is 34.5 Å². The third-order valence-corrected chi connectivity index (χ3v) is 8.43. The Morgan fingerprint density at radius 3 is 2.62 bits per heavy atom. The van der Waals surface area contributed by atoms with E-state index in [0.29, 0.717) is 23.8 Å². The van der Waals surface area contributed by atoms with Crippen LogP contribution in [0.5, 0.6) is 0 Å². The lowest BCUT2D eigenvalue weighted by atomic mass is 9.47. The van der Waals surface area contributed by atoms with E-state index in [2.05, 4.69) is 19.9 Å². The molecule has 0 aromatic heterocycles. The minimum atomic E-state index is -0.596. The second-order valence-electron chi connectivity index (χ2n) is 9.13. The van der Waals surface area contributed by atoms with Crippen LogP contribution in [-0.4, -0.2) is 35.0 Å². The lowest BCUT2D eigenvalue weighted by Crippen LogP contribution is -2.59. The molecule has 0 radical (unpaired) electrons. The highest BCUT2D eigenvalue weighted by Crippen LogP contribution is 2.65. The quantitative estimate of drug-likeness (QED) is 0.802. The molecular formula is C20H29NO3. The maximum Gasteiger partial charge on any atom is 0.307 e. The second-order valence-corrected chi connectivity index (χ2v) is 9.13. The van der Waals surface area contributed by atoms with E-state index in [9.17, 15) is 14.7 Å². The van der Waals surface area contributed by atoms with Crippen LogP contribution in [0.4, 0.5) is 0 Å². The number of hydrogen-bond donors (Lipinski definition) is 1. The summed E-state index contributed by atoms with van der Waals surface area (Å²) in [7, 11) is 1.94. The van der Waals surface area contributed by atoms with Crippen molar-refractivity contribution >= 4 is 11.9 Å². The lowest BCUT2D eigenvalue weighted by Gasteiger charge is -2.60. The summed E-state index contributed by atoms with van der Waals surface area (Å²) >= 11 is 0. The summed E-state index contributed by atoms with van der Waals surface area (Å²) in [5.41, 5.74) is 0.0184. The van der Waals surface area contributed by atoms with E-state index in [0.717, 1.165) is 38.5 Å². The molecule has 7 unspecified atom stereocenters. The highest BCUT2D eigenvalue weighted by Gasteiger charge is 2.61. The number of hydrogen-bond acceptors (Lipinski definition) is 2. The van der Waals surface area contributed by atoms with Gasteiger partial charge in [0.05, 0.1) is 5.92 Å². The summed E-state index contributed by atoms with van der Waals surface area (Å²) in [4.78, 5) is 25.8. The topological polar surface area (TPSA) is 57.6 Å². The van der Waals surface area contributed by atoms with Crippen LogP contribution in [0, 0.1) is 34.5 Å². The normalized spacial score (nSPS) is 50.2. The van der Waals surface area contributed by atoms with Crippen LogP contribution in [0.3, 0.4) is 0 Å². The van der Waals surface area contributed by atoms with Crippen LogP contribution in [0.2, 0.25) is 0 Å². The molecule has 0 saturated heterocycles. The molecule has 3 aliphatic carbocycles. The Morgan fingerprint density at radius 2 is 1.92 bits per heavy atom. The first-order valence-corrected chi connectivity index (χ1v) is 9.48. The van der Waals surface area contributed by atoms with Crippen LogP contribution in [-0.2, 0) is 9.59 Å². The molecule has 132 valence electrons. The molecule has 4 heteroatoms. The summed E-state index contributed by atoms with van der Waals surface area (Å²) in [6, 6.07) is 0.303. The number of aliphatic carboxylic acids is 1. The Hall–Kier alpha value is -1.32. The van der Waals surface area contributed by atoms with Crippen molar-refractivity contribution < 1.29 is 14.7 Å². The largest absolute Gasteiger partial charge is 0.481 e. The maximum absolute atomic E-state index is 12.1. The molecule has 1 N–H and O–H groups in total. The van der Waals surface area contributed by atoms with Crippen molar-refractivity contribution in [1.82, 2.24) is 4.90 Å². The number of nitrogens with zero attached hydrogens (tertiary/aromatic N) is 1. The van der Waals surface area contributed by atoms with Crippen LogP contribution in [0.15, 0.2) is 12.2 Å². The molecule has 4 rings (SSSR count). The zero-order valence-corrected chi connectivity index (χ0v) is 15.0. The zero-order valence-electron chi connectivity index (χ0n) is 15.0. The van der Waals surface area contributed by atoms with Gasteiger partial charge < -0.3 is 10.0 Å². The number of carbonyl (C=O) groups is 2. The predicted octanol–water partition coefficient (Wildman–Crippen LogP) is 3.33. The first-order chi connectivity index (χ1) is 11.3. The summed E-state index contributed by atoms with van der Waals surface area (Å²) in [5.74, 6) is 1.09. The fraction of sp³-hybridized carbons (Fsp3) is 0.800. The molecule has 3 fully saturated rings. The fourth-order valence-corrected chi connectivity index (χ4v) is 7.14. The van der Waals surface area contributed by atoms with Crippen LogP contribution in [0.25, 0.3) is 0 Å². The van der Waals surface area contributed by atoms with Gasteiger partial charge in [-0.05, 0) is 67.8 Å². The zero-order chi connectivity index (χ0) is 17.3. The van der Waals surface area contributed by atoms with E-state index in [1.807, 2.05) is 11.9 Å². The molecule has 7 atom stereocenters. The van der Waals surface area contributed by atoms with E-state index >= 15 is 0 Å². The van der Waals surface area contributed by atoms with Crippen LogP contribution in [0.1, 0.15) is 52.4 Å². The number of likely N-dealkylation sites (N-methyl/N-ethyl adjacent to an activating group) is 1. The minimum absolute atomic E-state index is 0.0314. The minimum Gasteiger partial charge on any atom is -0.481 e. The van der Waals surface area contributed by atoms with Crippen molar-refractivity contribution in [3.63, 3.8) is 0 Å². The molecule has 0 aromatic carbocycles. The van der Waals surface area contributed by atoms with Gasteiger partial charge in [0.25, 0.3) is 0 Å². The van der Waals surface area contributed by atoms with Gasteiger partial charge in [-0.3, -0.25) is 9.59 Å². The summed E-state index contributed by atoms with van der Waals surface area (Å²) in [6.45, 7) is 4.57. The molecule has 1 heterocycles. The van der Waals surface area contributed by atoms with Crippen molar-refractivity contribution in [2.75, 3.05) is 7.05 Å². The Labute approximate surface area is 144 Å². The molecule has 24 heavy (non-hydrogen) atoms. The van der Waals surface area contributed by atoms with E-state index in [1.165, 1.54) is 0 Å². The third kappa shape index (κ3) is 1.91. The molecule has 1 amide bonds. The standard InChI is InChI=1S/C20H29NO3/c1-19-10-8-14-12(13(19)5-6-15(19)18(23)24)4-7-16-20(14,2)11-9-17(22)21(16)3/h9,11-16H,4-8,10H2,1-3H3,(H,23,24). The molecule has 3 saturated carbocycles. The number of amides is 1. The molecule has 4 nitrogen and oxygen atoms in total. The Bertz CT molecular complexity index is 614. The first-order valence-electron chi connectivity index (χ1n) is 9.48. The predicted molar refractivity (Wildman–Crippen MR) is 91.2 cm³/mol. The Morgan fingerprint density at radius 1 is 1.17 bits per heavy atom. The van der Waals surface area contributed by atoms with Gasteiger partial charge in [-0.2, -0.15) is 0 Å². The summed E-state index contributed by atoms with van der Waals surface area (Å²) in [6.07, 6.45) is 10.2. The number of rotatable bonds is 1. The SMILES string of the molecule is CN1C(=O)C=CC2(C)C3CCC4(C)C(C(=O)O)CCC4C3CCC12. The van der Waals surface area contributed by atoms with Crippen molar-refractivity contribution in [2.45, 2.75) is 58.4 Å². The number of fused-ring (bicyclic) bond motifs is 5. The number of carboxylic acid groups (broad SMARTS) is 1. The molecule has 4 aliphatic rings. The average molecular weight is 331 g/mol.